The zero-order valence-corrected chi connectivity index (χ0v) is 17.1. The van der Waals surface area contributed by atoms with Gasteiger partial charge in [-0.05, 0) is 69.9 Å². The average Bonchev–Trinajstić information content (AvgIpc) is 2.83. The average molecular weight is 357 g/mol. The summed E-state index contributed by atoms with van der Waals surface area (Å²) in [5.41, 5.74) is 4.50. The second-order valence-electron chi connectivity index (χ2n) is 8.39. The van der Waals surface area contributed by atoms with Crippen LogP contribution in [0.2, 0.25) is 0 Å². The molecule has 5 heteroatoms. The Hall–Kier alpha value is -1.14. The summed E-state index contributed by atoms with van der Waals surface area (Å²) in [5, 5.41) is 0. The first-order chi connectivity index (χ1) is 12.2. The first kappa shape index (κ1) is 19.6. The summed E-state index contributed by atoms with van der Waals surface area (Å²) in [5.74, 6) is 0. The molecule has 1 aromatic rings. The molecule has 0 N–H and O–H groups in total. The first-order valence-corrected chi connectivity index (χ1v) is 9.67. The molecule has 0 saturated carbocycles. The van der Waals surface area contributed by atoms with Gasteiger partial charge in [0.15, 0.2) is 0 Å². The highest BCUT2D eigenvalue weighted by atomic mass is 16.7. The highest BCUT2D eigenvalue weighted by molar-refractivity contribution is 6.62. The summed E-state index contributed by atoms with van der Waals surface area (Å²) in [7, 11) is 1.84. The molecule has 3 rings (SSSR count). The number of benzene rings is 1. The highest BCUT2D eigenvalue weighted by Gasteiger charge is 2.51. The lowest BCUT2D eigenvalue weighted by Crippen LogP contribution is -2.41. The van der Waals surface area contributed by atoms with E-state index >= 15 is 0 Å². The molecule has 2 aliphatic heterocycles. The van der Waals surface area contributed by atoms with E-state index in [1.54, 1.807) is 0 Å². The van der Waals surface area contributed by atoms with E-state index < -0.39 is 0 Å². The van der Waals surface area contributed by atoms with E-state index in [9.17, 15) is 0 Å². The minimum Gasteiger partial charge on any atom is -0.399 e. The van der Waals surface area contributed by atoms with Gasteiger partial charge in [-0.15, -0.1) is 0 Å². The zero-order valence-electron chi connectivity index (χ0n) is 17.1. The Kier molecular flexibility index (Phi) is 5.64. The fraction of sp³-hybridized carbons (Fsp3) is 0.619. The molecule has 2 heterocycles. The molecule has 0 radical (unpaired) electrons. The van der Waals surface area contributed by atoms with E-state index in [-0.39, 0.29) is 18.3 Å². The number of hydrogen-bond acceptors (Lipinski definition) is 4. The Morgan fingerprint density at radius 2 is 1.81 bits per heavy atom. The van der Waals surface area contributed by atoms with E-state index in [0.717, 1.165) is 31.6 Å². The molecule has 1 aromatic carbocycles. The number of hydrogen-bond donors (Lipinski definition) is 0. The van der Waals surface area contributed by atoms with Gasteiger partial charge in [0.1, 0.15) is 0 Å². The predicted octanol–water partition coefficient (Wildman–Crippen LogP) is 3.24. The van der Waals surface area contributed by atoms with Crippen molar-refractivity contribution in [3.63, 3.8) is 0 Å². The Bertz CT molecular complexity index is 668. The largest absolute Gasteiger partial charge is 0.494 e. The van der Waals surface area contributed by atoms with Crippen LogP contribution in [0.25, 0.3) is 5.57 Å². The summed E-state index contributed by atoms with van der Waals surface area (Å²) in [6.07, 6.45) is 3.18. The van der Waals surface area contributed by atoms with Crippen molar-refractivity contribution in [3.05, 3.63) is 35.4 Å². The Morgan fingerprint density at radius 3 is 2.38 bits per heavy atom. The molecule has 1 fully saturated rings. The van der Waals surface area contributed by atoms with Crippen LogP contribution in [0.15, 0.2) is 24.3 Å². The summed E-state index contributed by atoms with van der Waals surface area (Å²) in [6, 6.07) is 6.65. The van der Waals surface area contributed by atoms with Crippen molar-refractivity contribution in [1.29, 1.82) is 0 Å². The van der Waals surface area contributed by atoms with Crippen molar-refractivity contribution in [2.45, 2.75) is 58.8 Å². The minimum atomic E-state index is -0.319. The van der Waals surface area contributed by atoms with E-state index in [0.29, 0.717) is 6.61 Å². The molecule has 0 aliphatic carbocycles. The van der Waals surface area contributed by atoms with Gasteiger partial charge in [-0.25, -0.2) is 0 Å². The molecule has 4 nitrogen and oxygen atoms in total. The molecule has 0 spiro atoms. The maximum absolute atomic E-state index is 6.25. The molecule has 1 saturated heterocycles. The van der Waals surface area contributed by atoms with Crippen LogP contribution in [-0.2, 0) is 20.6 Å². The summed E-state index contributed by atoms with van der Waals surface area (Å²) in [4.78, 5) is 2.33. The molecule has 0 amide bonds. The molecule has 0 bridgehead atoms. The summed E-state index contributed by atoms with van der Waals surface area (Å²) < 4.78 is 18.0. The van der Waals surface area contributed by atoms with Gasteiger partial charge in [0.2, 0.25) is 0 Å². The Labute approximate surface area is 158 Å². The van der Waals surface area contributed by atoms with Gasteiger partial charge in [0, 0.05) is 6.54 Å². The van der Waals surface area contributed by atoms with Crippen molar-refractivity contribution in [1.82, 2.24) is 4.90 Å². The monoisotopic (exact) mass is 357 g/mol. The fourth-order valence-electron chi connectivity index (χ4n) is 3.36. The van der Waals surface area contributed by atoms with Crippen molar-refractivity contribution in [2.24, 2.45) is 0 Å². The third-order valence-corrected chi connectivity index (χ3v) is 5.94. The topological polar surface area (TPSA) is 30.9 Å². The van der Waals surface area contributed by atoms with Gasteiger partial charge < -0.3 is 18.9 Å². The number of nitrogens with zero attached hydrogens (tertiary/aromatic N) is 1. The van der Waals surface area contributed by atoms with E-state index in [4.69, 9.17) is 14.0 Å². The van der Waals surface area contributed by atoms with Gasteiger partial charge in [0.25, 0.3) is 0 Å². The van der Waals surface area contributed by atoms with Gasteiger partial charge in [-0.3, -0.25) is 0 Å². The van der Waals surface area contributed by atoms with Crippen LogP contribution in [0.4, 0.5) is 0 Å². The molecular weight excluding hydrogens is 325 g/mol. The fourth-order valence-corrected chi connectivity index (χ4v) is 3.36. The zero-order chi connectivity index (χ0) is 18.9. The quantitative estimate of drug-likeness (QED) is 0.757. The summed E-state index contributed by atoms with van der Waals surface area (Å²) >= 11 is 0. The number of rotatable bonds is 5. The second kappa shape index (κ2) is 7.47. The maximum atomic E-state index is 6.25. The first-order valence-electron chi connectivity index (χ1n) is 9.67. The lowest BCUT2D eigenvalue weighted by Gasteiger charge is -2.32. The molecule has 0 aromatic heterocycles. The molecular formula is C21H32BNO3. The van der Waals surface area contributed by atoms with Crippen molar-refractivity contribution in [2.75, 3.05) is 26.8 Å². The maximum Gasteiger partial charge on any atom is 0.494 e. The van der Waals surface area contributed by atoms with Crippen molar-refractivity contribution in [3.8, 4) is 0 Å². The molecule has 0 atom stereocenters. The molecule has 26 heavy (non-hydrogen) atoms. The standard InChI is InChI=1S/C21H32BNO3/c1-7-23(6)15-17-14-18(22-25-20(2,3)21(4,5)26-22)8-9-19(17)16-10-12-24-13-11-16/h8-10,14H,7,11-13,15H2,1-6H3. The van der Waals surface area contributed by atoms with Crippen LogP contribution in [0, 0.1) is 0 Å². The SMILES string of the molecule is CCN(C)Cc1cc(B2OC(C)(C)C(C)(C)O2)ccc1C1=CCOCC1. The lowest BCUT2D eigenvalue weighted by molar-refractivity contribution is 0.00578. The van der Waals surface area contributed by atoms with Gasteiger partial charge in [-0.1, -0.05) is 31.2 Å². The van der Waals surface area contributed by atoms with Crippen LogP contribution >= 0.6 is 0 Å². The van der Waals surface area contributed by atoms with E-state index in [1.807, 2.05) is 0 Å². The predicted molar refractivity (Wildman–Crippen MR) is 108 cm³/mol. The lowest BCUT2D eigenvalue weighted by atomic mass is 9.77. The second-order valence-corrected chi connectivity index (χ2v) is 8.39. The van der Waals surface area contributed by atoms with Gasteiger partial charge in [0.05, 0.1) is 24.4 Å². The van der Waals surface area contributed by atoms with Crippen LogP contribution in [-0.4, -0.2) is 50.0 Å². The van der Waals surface area contributed by atoms with E-state index in [1.165, 1.54) is 16.7 Å². The van der Waals surface area contributed by atoms with Crippen molar-refractivity contribution < 1.29 is 14.0 Å². The Balaban J connectivity index is 1.93. The Morgan fingerprint density at radius 1 is 1.12 bits per heavy atom. The minimum absolute atomic E-state index is 0.316. The van der Waals surface area contributed by atoms with Crippen LogP contribution < -0.4 is 5.46 Å². The van der Waals surface area contributed by atoms with Gasteiger partial charge in [-0.2, -0.15) is 0 Å². The summed E-state index contributed by atoms with van der Waals surface area (Å²) in [6.45, 7) is 14.0. The smallest absolute Gasteiger partial charge is 0.399 e. The normalized spacial score (nSPS) is 22.0. The molecule has 2 aliphatic rings. The van der Waals surface area contributed by atoms with Crippen LogP contribution in [0.1, 0.15) is 52.2 Å². The molecule has 142 valence electrons. The third kappa shape index (κ3) is 3.91. The highest BCUT2D eigenvalue weighted by Crippen LogP contribution is 2.36. The van der Waals surface area contributed by atoms with Crippen LogP contribution in [0.3, 0.4) is 0 Å². The third-order valence-electron chi connectivity index (χ3n) is 5.94. The molecule has 0 unspecified atom stereocenters. The van der Waals surface area contributed by atoms with Crippen molar-refractivity contribution >= 4 is 18.2 Å². The van der Waals surface area contributed by atoms with Gasteiger partial charge >= 0.3 is 7.12 Å². The van der Waals surface area contributed by atoms with E-state index in [2.05, 4.69) is 70.8 Å². The number of ether oxygens (including phenoxy) is 1. The van der Waals surface area contributed by atoms with Crippen LogP contribution in [0.5, 0.6) is 0 Å².